The van der Waals surface area contributed by atoms with Gasteiger partial charge in [-0.2, -0.15) is 0 Å². The molecular formula is C18H14FNO5. The first-order valence-corrected chi connectivity index (χ1v) is 7.26. The molecule has 2 rings (SSSR count). The zero-order valence-corrected chi connectivity index (χ0v) is 13.3. The highest BCUT2D eigenvalue weighted by Gasteiger charge is 2.15. The number of halogens is 1. The zero-order valence-electron chi connectivity index (χ0n) is 13.3. The van der Waals surface area contributed by atoms with Crippen LogP contribution in [0.2, 0.25) is 0 Å². The second-order valence-corrected chi connectivity index (χ2v) is 5.14. The number of nitrogens with zero attached hydrogens (tertiary/aromatic N) is 1. The molecule has 0 saturated heterocycles. The van der Waals surface area contributed by atoms with Crippen molar-refractivity contribution >= 4 is 23.5 Å². The van der Waals surface area contributed by atoms with E-state index in [0.29, 0.717) is 5.56 Å². The van der Waals surface area contributed by atoms with Crippen molar-refractivity contribution < 1.29 is 23.6 Å². The molecule has 2 aromatic carbocycles. The fourth-order valence-electron chi connectivity index (χ4n) is 2.02. The van der Waals surface area contributed by atoms with Crippen LogP contribution in [0.5, 0.6) is 0 Å². The number of benzene rings is 2. The average molecular weight is 343 g/mol. The van der Waals surface area contributed by atoms with Crippen molar-refractivity contribution in [2.45, 2.75) is 6.92 Å². The lowest BCUT2D eigenvalue weighted by Gasteiger charge is -2.03. The van der Waals surface area contributed by atoms with Gasteiger partial charge in [0.05, 0.1) is 4.92 Å². The predicted octanol–water partition coefficient (Wildman–Crippen LogP) is 3.48. The van der Waals surface area contributed by atoms with E-state index in [-0.39, 0.29) is 16.8 Å². The number of hydrogen-bond acceptors (Lipinski definition) is 5. The van der Waals surface area contributed by atoms with E-state index in [1.165, 1.54) is 36.4 Å². The number of nitro benzene ring substituents is 1. The molecule has 0 radical (unpaired) electrons. The molecule has 128 valence electrons. The summed E-state index contributed by atoms with van der Waals surface area (Å²) in [7, 11) is 0. The van der Waals surface area contributed by atoms with E-state index < -0.39 is 29.1 Å². The number of ether oxygens (including phenoxy) is 1. The van der Waals surface area contributed by atoms with Gasteiger partial charge in [0.2, 0.25) is 5.78 Å². The molecule has 0 bridgehead atoms. The van der Waals surface area contributed by atoms with Crippen LogP contribution in [0.1, 0.15) is 21.5 Å². The minimum atomic E-state index is -0.821. The van der Waals surface area contributed by atoms with Crippen LogP contribution < -0.4 is 0 Å². The Balaban J connectivity index is 1.98. The van der Waals surface area contributed by atoms with Crippen LogP contribution in [0.15, 0.2) is 48.5 Å². The van der Waals surface area contributed by atoms with Crippen LogP contribution in [0.3, 0.4) is 0 Å². The fourth-order valence-corrected chi connectivity index (χ4v) is 2.02. The van der Waals surface area contributed by atoms with Gasteiger partial charge in [-0.25, -0.2) is 9.18 Å². The second-order valence-electron chi connectivity index (χ2n) is 5.14. The summed E-state index contributed by atoms with van der Waals surface area (Å²) >= 11 is 0. The van der Waals surface area contributed by atoms with E-state index in [1.807, 2.05) is 0 Å². The molecule has 0 aliphatic heterocycles. The zero-order chi connectivity index (χ0) is 18.4. The number of nitro groups is 1. The Morgan fingerprint density at radius 3 is 2.64 bits per heavy atom. The summed E-state index contributed by atoms with van der Waals surface area (Å²) in [5.41, 5.74) is 0.520. The Labute approximate surface area is 142 Å². The highest BCUT2D eigenvalue weighted by molar-refractivity contribution is 5.99. The largest absolute Gasteiger partial charge is 0.454 e. The van der Waals surface area contributed by atoms with Gasteiger partial charge in [0.1, 0.15) is 5.82 Å². The first-order chi connectivity index (χ1) is 11.9. The molecule has 0 saturated carbocycles. The molecule has 0 fully saturated rings. The molecule has 0 atom stereocenters. The van der Waals surface area contributed by atoms with Crippen LogP contribution in [-0.2, 0) is 9.53 Å². The van der Waals surface area contributed by atoms with Crippen LogP contribution in [0, 0.1) is 22.9 Å². The highest BCUT2D eigenvalue weighted by atomic mass is 19.1. The predicted molar refractivity (Wildman–Crippen MR) is 88.6 cm³/mol. The number of rotatable bonds is 6. The van der Waals surface area contributed by atoms with Gasteiger partial charge in [0.15, 0.2) is 6.61 Å². The van der Waals surface area contributed by atoms with Crippen LogP contribution in [-0.4, -0.2) is 23.3 Å². The molecule has 0 spiro atoms. The molecule has 7 heteroatoms. The van der Waals surface area contributed by atoms with E-state index in [4.69, 9.17) is 4.74 Å². The molecule has 0 unspecified atom stereocenters. The first kappa shape index (κ1) is 18.0. The SMILES string of the molecule is Cc1ccc(C(=O)COC(=O)/C=C/c2ccccc2F)cc1[N+](=O)[O-]. The molecule has 25 heavy (non-hydrogen) atoms. The van der Waals surface area contributed by atoms with Gasteiger partial charge in [0, 0.05) is 28.8 Å². The molecule has 0 aliphatic carbocycles. The van der Waals surface area contributed by atoms with Crippen LogP contribution in [0.4, 0.5) is 10.1 Å². The third kappa shape index (κ3) is 4.81. The van der Waals surface area contributed by atoms with Crippen molar-refractivity contribution in [2.24, 2.45) is 0 Å². The summed E-state index contributed by atoms with van der Waals surface area (Å²) < 4.78 is 18.2. The van der Waals surface area contributed by atoms with Crippen molar-refractivity contribution in [3.63, 3.8) is 0 Å². The molecule has 2 aromatic rings. The Hall–Kier alpha value is -3.35. The fraction of sp³-hybridized carbons (Fsp3) is 0.111. The van der Waals surface area contributed by atoms with Gasteiger partial charge in [0.25, 0.3) is 5.69 Å². The van der Waals surface area contributed by atoms with Crippen molar-refractivity contribution in [2.75, 3.05) is 6.61 Å². The second kappa shape index (κ2) is 7.96. The summed E-state index contributed by atoms with van der Waals surface area (Å²) in [6, 6.07) is 9.88. The molecule has 0 aromatic heterocycles. The number of hydrogen-bond donors (Lipinski definition) is 0. The van der Waals surface area contributed by atoms with Gasteiger partial charge >= 0.3 is 5.97 Å². The quantitative estimate of drug-likeness (QED) is 0.263. The van der Waals surface area contributed by atoms with Gasteiger partial charge < -0.3 is 4.74 Å². The Bertz CT molecular complexity index is 860. The monoisotopic (exact) mass is 343 g/mol. The number of carbonyl (C=O) groups is 2. The summed E-state index contributed by atoms with van der Waals surface area (Å²) in [5, 5.41) is 10.9. The lowest BCUT2D eigenvalue weighted by Crippen LogP contribution is -2.13. The van der Waals surface area contributed by atoms with E-state index in [1.54, 1.807) is 13.0 Å². The van der Waals surface area contributed by atoms with Gasteiger partial charge in [-0.1, -0.05) is 30.3 Å². The van der Waals surface area contributed by atoms with Gasteiger partial charge in [-0.05, 0) is 19.1 Å². The van der Waals surface area contributed by atoms with Crippen molar-refractivity contribution in [3.05, 3.63) is 81.2 Å². The molecule has 0 amide bonds. The Kier molecular flexibility index (Phi) is 5.73. The highest BCUT2D eigenvalue weighted by Crippen LogP contribution is 2.19. The van der Waals surface area contributed by atoms with Gasteiger partial charge in [-0.15, -0.1) is 0 Å². The molecule has 6 nitrogen and oxygen atoms in total. The molecular weight excluding hydrogens is 329 g/mol. The van der Waals surface area contributed by atoms with Crippen molar-refractivity contribution in [3.8, 4) is 0 Å². The van der Waals surface area contributed by atoms with Crippen LogP contribution >= 0.6 is 0 Å². The maximum absolute atomic E-state index is 13.4. The van der Waals surface area contributed by atoms with Gasteiger partial charge in [-0.3, -0.25) is 14.9 Å². The number of esters is 1. The minimum Gasteiger partial charge on any atom is -0.454 e. The van der Waals surface area contributed by atoms with E-state index in [2.05, 4.69) is 0 Å². The lowest BCUT2D eigenvalue weighted by molar-refractivity contribution is -0.385. The Morgan fingerprint density at radius 1 is 1.24 bits per heavy atom. The standard InChI is InChI=1S/C18H14FNO5/c1-12-6-7-14(10-16(12)20(23)24)17(21)11-25-18(22)9-8-13-4-2-3-5-15(13)19/h2-10H,11H2,1H3/b9-8+. The van der Waals surface area contributed by atoms with Crippen molar-refractivity contribution in [1.29, 1.82) is 0 Å². The summed E-state index contributed by atoms with van der Waals surface area (Å²) in [6.07, 6.45) is 2.24. The minimum absolute atomic E-state index is 0.0724. The molecule has 0 heterocycles. The summed E-state index contributed by atoms with van der Waals surface area (Å²) in [5.74, 6) is -1.89. The van der Waals surface area contributed by atoms with Crippen molar-refractivity contribution in [1.82, 2.24) is 0 Å². The Morgan fingerprint density at radius 2 is 1.96 bits per heavy atom. The third-order valence-electron chi connectivity index (χ3n) is 3.38. The number of carbonyl (C=O) groups excluding carboxylic acids is 2. The maximum atomic E-state index is 13.4. The number of Topliss-reactive ketones (excluding diaryl/α,β-unsaturated/α-hetero) is 1. The van der Waals surface area contributed by atoms with E-state index >= 15 is 0 Å². The summed E-state index contributed by atoms with van der Waals surface area (Å²) in [6.45, 7) is 0.987. The third-order valence-corrected chi connectivity index (χ3v) is 3.38. The lowest BCUT2D eigenvalue weighted by atomic mass is 10.1. The smallest absolute Gasteiger partial charge is 0.331 e. The first-order valence-electron chi connectivity index (χ1n) is 7.26. The summed E-state index contributed by atoms with van der Waals surface area (Å²) in [4.78, 5) is 33.9. The maximum Gasteiger partial charge on any atom is 0.331 e. The van der Waals surface area contributed by atoms with Crippen LogP contribution in [0.25, 0.3) is 6.08 Å². The number of ketones is 1. The number of aryl methyl sites for hydroxylation is 1. The normalized spacial score (nSPS) is 10.6. The molecule has 0 N–H and O–H groups in total. The topological polar surface area (TPSA) is 86.5 Å². The van der Waals surface area contributed by atoms with E-state index in [0.717, 1.165) is 12.1 Å². The molecule has 0 aliphatic rings. The van der Waals surface area contributed by atoms with E-state index in [9.17, 15) is 24.1 Å². The average Bonchev–Trinajstić information content (AvgIpc) is 2.59.